The van der Waals surface area contributed by atoms with E-state index in [-0.39, 0.29) is 17.9 Å². The molecule has 7 nitrogen and oxygen atoms in total. The molecule has 1 aliphatic heterocycles. The predicted molar refractivity (Wildman–Crippen MR) is 86.0 cm³/mol. The molecule has 1 heterocycles. The Balaban J connectivity index is 1.69. The number of carbonyl (C=O) groups excluding carboxylic acids is 3. The predicted octanol–water partition coefficient (Wildman–Crippen LogP) is 1.59. The van der Waals surface area contributed by atoms with Crippen molar-refractivity contribution in [3.05, 3.63) is 34.9 Å². The zero-order chi connectivity index (χ0) is 17.5. The van der Waals surface area contributed by atoms with E-state index in [0.29, 0.717) is 18.4 Å². The van der Waals surface area contributed by atoms with Gasteiger partial charge in [0.1, 0.15) is 5.60 Å². The van der Waals surface area contributed by atoms with E-state index in [1.807, 2.05) is 6.07 Å². The summed E-state index contributed by atoms with van der Waals surface area (Å²) in [5.74, 6) is -0.152. The topological polar surface area (TPSA) is 96.5 Å². The van der Waals surface area contributed by atoms with Gasteiger partial charge >= 0.3 is 6.09 Å². The van der Waals surface area contributed by atoms with Gasteiger partial charge in [-0.2, -0.15) is 0 Å². The highest BCUT2D eigenvalue weighted by molar-refractivity contribution is 5.97. The molecule has 3 N–H and O–H groups in total. The summed E-state index contributed by atoms with van der Waals surface area (Å²) >= 11 is 0. The fourth-order valence-electron chi connectivity index (χ4n) is 3.31. The number of rotatable bonds is 1. The Morgan fingerprint density at radius 2 is 1.96 bits per heavy atom. The molecule has 0 saturated carbocycles. The molecule has 1 aromatic carbocycles. The van der Waals surface area contributed by atoms with Crippen LogP contribution in [-0.2, 0) is 16.0 Å². The van der Waals surface area contributed by atoms with Gasteiger partial charge in [-0.15, -0.1) is 0 Å². The first-order valence-corrected chi connectivity index (χ1v) is 7.95. The summed E-state index contributed by atoms with van der Waals surface area (Å²) in [5.41, 5.74) is 6.41. The molecule has 1 unspecified atom stereocenters. The Morgan fingerprint density at radius 1 is 1.21 bits per heavy atom. The monoisotopic (exact) mass is 331 g/mol. The number of amides is 3. The SMILES string of the molecule is CC(C)(C)OC(=O)NNC(=O)c1cccc2c1CC1CC(=O)N[C@H]21. The van der Waals surface area contributed by atoms with E-state index in [0.717, 1.165) is 11.1 Å². The minimum atomic E-state index is -0.715. The third-order valence-electron chi connectivity index (χ3n) is 4.17. The van der Waals surface area contributed by atoms with E-state index in [1.54, 1.807) is 32.9 Å². The molecule has 24 heavy (non-hydrogen) atoms. The summed E-state index contributed by atoms with van der Waals surface area (Å²) < 4.78 is 5.08. The minimum Gasteiger partial charge on any atom is -0.443 e. The summed E-state index contributed by atoms with van der Waals surface area (Å²) in [5, 5.41) is 2.95. The lowest BCUT2D eigenvalue weighted by Crippen LogP contribution is -2.44. The second-order valence-corrected chi connectivity index (χ2v) is 7.17. The maximum Gasteiger partial charge on any atom is 0.426 e. The Labute approximate surface area is 140 Å². The Kier molecular flexibility index (Phi) is 3.95. The second kappa shape index (κ2) is 5.81. The molecular weight excluding hydrogens is 310 g/mol. The highest BCUT2D eigenvalue weighted by Crippen LogP contribution is 2.42. The van der Waals surface area contributed by atoms with Crippen molar-refractivity contribution in [2.75, 3.05) is 0 Å². The molecule has 0 bridgehead atoms. The average molecular weight is 331 g/mol. The molecule has 1 aliphatic carbocycles. The van der Waals surface area contributed by atoms with Crippen LogP contribution in [0.25, 0.3) is 0 Å². The maximum absolute atomic E-state index is 12.4. The second-order valence-electron chi connectivity index (χ2n) is 7.17. The van der Waals surface area contributed by atoms with E-state index in [9.17, 15) is 14.4 Å². The van der Waals surface area contributed by atoms with Crippen molar-refractivity contribution in [3.63, 3.8) is 0 Å². The van der Waals surface area contributed by atoms with E-state index in [4.69, 9.17) is 4.74 Å². The van der Waals surface area contributed by atoms with Gasteiger partial charge in [0.15, 0.2) is 0 Å². The van der Waals surface area contributed by atoms with Crippen LogP contribution in [0.15, 0.2) is 18.2 Å². The van der Waals surface area contributed by atoms with Crippen molar-refractivity contribution in [3.8, 4) is 0 Å². The number of hydrogen-bond acceptors (Lipinski definition) is 4. The van der Waals surface area contributed by atoms with Gasteiger partial charge in [0.05, 0.1) is 6.04 Å². The van der Waals surface area contributed by atoms with Crippen LogP contribution in [0.4, 0.5) is 4.79 Å². The van der Waals surface area contributed by atoms with Crippen LogP contribution < -0.4 is 16.2 Å². The van der Waals surface area contributed by atoms with Crippen LogP contribution in [0.2, 0.25) is 0 Å². The Bertz CT molecular complexity index is 708. The van der Waals surface area contributed by atoms with E-state index < -0.39 is 17.6 Å². The molecule has 0 aromatic heterocycles. The van der Waals surface area contributed by atoms with Crippen molar-refractivity contribution in [1.82, 2.24) is 16.2 Å². The normalized spacial score (nSPS) is 21.5. The maximum atomic E-state index is 12.4. The molecule has 0 spiro atoms. The molecule has 1 aromatic rings. The number of ether oxygens (including phenoxy) is 1. The largest absolute Gasteiger partial charge is 0.443 e. The van der Waals surface area contributed by atoms with Gasteiger partial charge in [-0.1, -0.05) is 12.1 Å². The first-order valence-electron chi connectivity index (χ1n) is 7.95. The molecule has 7 heteroatoms. The molecule has 3 amide bonds. The number of nitrogens with one attached hydrogen (secondary N) is 3. The van der Waals surface area contributed by atoms with Crippen LogP contribution in [0, 0.1) is 5.92 Å². The van der Waals surface area contributed by atoms with Crippen LogP contribution in [0.5, 0.6) is 0 Å². The molecule has 2 atom stereocenters. The molecule has 3 rings (SSSR count). The summed E-state index contributed by atoms with van der Waals surface area (Å²) in [6.45, 7) is 5.22. The van der Waals surface area contributed by atoms with Gasteiger partial charge in [-0.05, 0) is 50.3 Å². The lowest BCUT2D eigenvalue weighted by Gasteiger charge is -2.20. The van der Waals surface area contributed by atoms with Crippen LogP contribution in [0.3, 0.4) is 0 Å². The van der Waals surface area contributed by atoms with E-state index >= 15 is 0 Å². The molecule has 0 radical (unpaired) electrons. The van der Waals surface area contributed by atoms with Crippen molar-refractivity contribution < 1.29 is 19.1 Å². The number of benzene rings is 1. The number of hydrazine groups is 1. The lowest BCUT2D eigenvalue weighted by molar-refractivity contribution is -0.119. The van der Waals surface area contributed by atoms with Crippen molar-refractivity contribution >= 4 is 17.9 Å². The first kappa shape index (κ1) is 16.3. The number of carbonyl (C=O) groups is 3. The third-order valence-corrected chi connectivity index (χ3v) is 4.17. The third kappa shape index (κ3) is 3.20. The number of hydrogen-bond donors (Lipinski definition) is 3. The Morgan fingerprint density at radius 3 is 2.67 bits per heavy atom. The average Bonchev–Trinajstić information content (AvgIpc) is 2.98. The van der Waals surface area contributed by atoms with Crippen molar-refractivity contribution in [2.24, 2.45) is 5.92 Å². The van der Waals surface area contributed by atoms with Gasteiger partial charge in [0.2, 0.25) is 5.91 Å². The summed E-state index contributed by atoms with van der Waals surface area (Å²) in [4.78, 5) is 35.5. The van der Waals surface area contributed by atoms with Gasteiger partial charge in [0.25, 0.3) is 5.91 Å². The van der Waals surface area contributed by atoms with Gasteiger partial charge < -0.3 is 10.1 Å². The minimum absolute atomic E-state index is 0.0148. The van der Waals surface area contributed by atoms with E-state index in [1.165, 1.54) is 0 Å². The van der Waals surface area contributed by atoms with E-state index in [2.05, 4.69) is 16.2 Å². The number of fused-ring (bicyclic) bond motifs is 3. The van der Waals surface area contributed by atoms with Gasteiger partial charge in [-0.3, -0.25) is 15.0 Å². The zero-order valence-electron chi connectivity index (χ0n) is 13.9. The molecule has 1 fully saturated rings. The van der Waals surface area contributed by atoms with Crippen molar-refractivity contribution in [2.45, 2.75) is 45.3 Å². The molecule has 2 aliphatic rings. The van der Waals surface area contributed by atoms with Crippen LogP contribution in [-0.4, -0.2) is 23.5 Å². The molecule has 128 valence electrons. The summed E-state index contributed by atoms with van der Waals surface area (Å²) in [7, 11) is 0. The highest BCUT2D eigenvalue weighted by Gasteiger charge is 2.41. The summed E-state index contributed by atoms with van der Waals surface area (Å²) in [6, 6.07) is 5.42. The standard InChI is InChI=1S/C17H21N3O4/c1-17(2,3)24-16(23)20-19-15(22)11-6-4-5-10-12(11)7-9-8-13(21)18-14(9)10/h4-6,9,14H,7-8H2,1-3H3,(H,18,21)(H,19,22)(H,20,23)/t9?,14-/m0/s1. The summed E-state index contributed by atoms with van der Waals surface area (Å²) in [6.07, 6.45) is 0.443. The fraction of sp³-hybridized carbons (Fsp3) is 0.471. The van der Waals surface area contributed by atoms with Crippen LogP contribution >= 0.6 is 0 Å². The molecule has 1 saturated heterocycles. The highest BCUT2D eigenvalue weighted by atomic mass is 16.6. The first-order chi connectivity index (χ1) is 11.2. The smallest absolute Gasteiger partial charge is 0.426 e. The quantitative estimate of drug-likeness (QED) is 0.681. The Hall–Kier alpha value is -2.57. The fourth-order valence-corrected chi connectivity index (χ4v) is 3.31. The lowest BCUT2D eigenvalue weighted by atomic mass is 10.0. The van der Waals surface area contributed by atoms with Crippen molar-refractivity contribution in [1.29, 1.82) is 0 Å². The van der Waals surface area contributed by atoms with Gasteiger partial charge in [-0.25, -0.2) is 10.2 Å². The zero-order valence-corrected chi connectivity index (χ0v) is 13.9. The van der Waals surface area contributed by atoms with Gasteiger partial charge in [0, 0.05) is 12.0 Å². The van der Waals surface area contributed by atoms with Crippen LogP contribution in [0.1, 0.15) is 54.7 Å². The molecular formula is C17H21N3O4.